The van der Waals surface area contributed by atoms with Gasteiger partial charge in [0.05, 0.1) is 16.9 Å². The van der Waals surface area contributed by atoms with Crippen molar-refractivity contribution in [3.8, 4) is 0 Å². The van der Waals surface area contributed by atoms with Crippen LogP contribution in [-0.2, 0) is 31.0 Å². The third kappa shape index (κ3) is 5.17. The van der Waals surface area contributed by atoms with Crippen LogP contribution in [0, 0.1) is 23.7 Å². The van der Waals surface area contributed by atoms with Crippen molar-refractivity contribution in [2.24, 2.45) is 16.7 Å². The van der Waals surface area contributed by atoms with Crippen LogP contribution in [0.3, 0.4) is 0 Å². The summed E-state index contributed by atoms with van der Waals surface area (Å²) >= 11 is 0. The van der Waals surface area contributed by atoms with Gasteiger partial charge < -0.3 is 4.74 Å². The molecular formula is C28H33NO5S. The summed E-state index contributed by atoms with van der Waals surface area (Å²) in [5.41, 5.74) is 0.491. The number of rotatable bonds is 9. The number of carbonyl (C=O) groups is 2. The average Bonchev–Trinajstić information content (AvgIpc) is 2.83. The summed E-state index contributed by atoms with van der Waals surface area (Å²) in [5.74, 6) is -0.0948. The van der Waals surface area contributed by atoms with E-state index in [1.54, 1.807) is 30.3 Å². The van der Waals surface area contributed by atoms with Crippen molar-refractivity contribution in [1.82, 2.24) is 4.72 Å². The molecular weight excluding hydrogens is 462 g/mol. The fourth-order valence-electron chi connectivity index (χ4n) is 5.62. The van der Waals surface area contributed by atoms with E-state index in [9.17, 15) is 18.0 Å². The number of Topliss-reactive ketones (excluding diaryl/α,β-unsaturated/α-hetero) is 1. The molecule has 0 aromatic heterocycles. The first kappa shape index (κ1) is 25.5. The Morgan fingerprint density at radius 3 is 2.49 bits per heavy atom. The number of aryl methyl sites for hydroxylation is 1. The maximum Gasteiger partial charge on any atom is 0.240 e. The Morgan fingerprint density at radius 1 is 1.06 bits per heavy atom. The molecule has 0 heterocycles. The highest BCUT2D eigenvalue weighted by Crippen LogP contribution is 2.58. The molecule has 0 bridgehead atoms. The van der Waals surface area contributed by atoms with Crippen molar-refractivity contribution in [2.75, 3.05) is 13.2 Å². The van der Waals surface area contributed by atoms with E-state index >= 15 is 0 Å². The molecule has 0 aliphatic heterocycles. The summed E-state index contributed by atoms with van der Waals surface area (Å²) < 4.78 is 34.5. The van der Waals surface area contributed by atoms with E-state index in [0.717, 1.165) is 11.1 Å². The monoisotopic (exact) mass is 495 g/mol. The van der Waals surface area contributed by atoms with Crippen LogP contribution in [0.15, 0.2) is 71.6 Å². The van der Waals surface area contributed by atoms with E-state index in [1.807, 2.05) is 44.2 Å². The molecule has 1 fully saturated rings. The van der Waals surface area contributed by atoms with Crippen LogP contribution in [-0.4, -0.2) is 33.1 Å². The minimum atomic E-state index is -3.70. The molecule has 0 saturated heterocycles. The molecule has 0 radical (unpaired) electrons. The quantitative estimate of drug-likeness (QED) is 0.522. The van der Waals surface area contributed by atoms with E-state index in [1.165, 1.54) is 6.08 Å². The summed E-state index contributed by atoms with van der Waals surface area (Å²) in [4.78, 5) is 26.1. The topological polar surface area (TPSA) is 89.5 Å². The van der Waals surface area contributed by atoms with Crippen LogP contribution in [0.1, 0.15) is 43.7 Å². The lowest BCUT2D eigenvalue weighted by molar-refractivity contribution is -0.148. The molecule has 0 amide bonds. The molecule has 6 nitrogen and oxygen atoms in total. The van der Waals surface area contributed by atoms with Gasteiger partial charge in [-0.15, -0.1) is 0 Å². The van der Waals surface area contributed by atoms with Gasteiger partial charge in [0.1, 0.15) is 5.78 Å². The molecule has 1 N–H and O–H groups in total. The van der Waals surface area contributed by atoms with Gasteiger partial charge in [0.25, 0.3) is 0 Å². The number of allylic oxidation sites excluding steroid dienone is 2. The van der Waals surface area contributed by atoms with Crippen LogP contribution in [0.4, 0.5) is 0 Å². The lowest BCUT2D eigenvalue weighted by Gasteiger charge is -2.55. The Morgan fingerprint density at radius 2 is 1.77 bits per heavy atom. The Kier molecular flexibility index (Phi) is 7.40. The van der Waals surface area contributed by atoms with Gasteiger partial charge in [-0.25, -0.2) is 13.1 Å². The molecule has 0 unspecified atom stereocenters. The predicted octanol–water partition coefficient (Wildman–Crippen LogP) is 4.38. The van der Waals surface area contributed by atoms with Gasteiger partial charge in [-0.1, -0.05) is 61.0 Å². The lowest BCUT2D eigenvalue weighted by atomic mass is 9.47. The maximum atomic E-state index is 13.4. The Hall–Kier alpha value is -2.61. The second-order valence-electron chi connectivity index (χ2n) is 9.98. The average molecular weight is 496 g/mol. The number of hydrogen-bond acceptors (Lipinski definition) is 5. The highest BCUT2D eigenvalue weighted by molar-refractivity contribution is 7.89. The van der Waals surface area contributed by atoms with Crippen molar-refractivity contribution in [3.05, 3.63) is 77.9 Å². The fraction of sp³-hybridized carbons (Fsp3) is 0.429. The summed E-state index contributed by atoms with van der Waals surface area (Å²) in [6.45, 7) is 4.86. The minimum absolute atomic E-state index is 0.0329. The first-order chi connectivity index (χ1) is 16.7. The van der Waals surface area contributed by atoms with E-state index < -0.39 is 20.9 Å². The van der Waals surface area contributed by atoms with E-state index in [-0.39, 0.29) is 35.3 Å². The molecule has 2 aromatic rings. The summed E-state index contributed by atoms with van der Waals surface area (Å²) in [7, 11) is -3.70. The van der Waals surface area contributed by atoms with Crippen molar-refractivity contribution < 1.29 is 22.7 Å². The molecule has 2 aliphatic carbocycles. The molecule has 2 aliphatic rings. The molecule has 0 spiro atoms. The zero-order valence-electron chi connectivity index (χ0n) is 20.3. The standard InChI is InChI=1S/C28H33NO5S/c1-21-8-11-25(12-9-21)35(32,33)29-19-23-10-13-26(31)28(15-14-24(30)18-27(23,28)2)16-17-34-20-22-6-4-3-5-7-22/h3-9,11-12,14-15,23,29H,10,13,16-20H2,1-2H3/t23-,27+,28+/m1/s1. The third-order valence-corrected chi connectivity index (χ3v) is 9.28. The zero-order valence-corrected chi connectivity index (χ0v) is 21.1. The zero-order chi connectivity index (χ0) is 25.1. The van der Waals surface area contributed by atoms with Gasteiger partial charge in [0.2, 0.25) is 10.0 Å². The van der Waals surface area contributed by atoms with Crippen molar-refractivity contribution in [2.45, 2.75) is 51.0 Å². The van der Waals surface area contributed by atoms with Gasteiger partial charge in [-0.3, -0.25) is 9.59 Å². The molecule has 4 rings (SSSR count). The molecule has 35 heavy (non-hydrogen) atoms. The van der Waals surface area contributed by atoms with Gasteiger partial charge in [-0.2, -0.15) is 0 Å². The van der Waals surface area contributed by atoms with Crippen molar-refractivity contribution in [1.29, 1.82) is 0 Å². The fourth-order valence-corrected chi connectivity index (χ4v) is 6.70. The van der Waals surface area contributed by atoms with Crippen LogP contribution in [0.2, 0.25) is 0 Å². The number of sulfonamides is 1. The van der Waals surface area contributed by atoms with E-state index in [2.05, 4.69) is 4.72 Å². The van der Waals surface area contributed by atoms with Crippen molar-refractivity contribution in [3.63, 3.8) is 0 Å². The number of ketones is 2. The summed E-state index contributed by atoms with van der Waals surface area (Å²) in [5, 5.41) is 0. The largest absolute Gasteiger partial charge is 0.377 e. The Balaban J connectivity index is 1.51. The lowest BCUT2D eigenvalue weighted by Crippen LogP contribution is -2.57. The Labute approximate surface area is 207 Å². The number of hydrogen-bond donors (Lipinski definition) is 1. The second kappa shape index (κ2) is 10.2. The first-order valence-corrected chi connectivity index (χ1v) is 13.6. The number of nitrogens with one attached hydrogen (secondary N) is 1. The van der Waals surface area contributed by atoms with Crippen molar-refractivity contribution >= 4 is 21.6 Å². The predicted molar refractivity (Wildman–Crippen MR) is 134 cm³/mol. The normalized spacial score (nSPS) is 26.5. The van der Waals surface area contributed by atoms with Gasteiger partial charge in [0, 0.05) is 26.0 Å². The van der Waals surface area contributed by atoms with Crippen LogP contribution in [0.25, 0.3) is 0 Å². The van der Waals surface area contributed by atoms with Gasteiger partial charge >= 0.3 is 0 Å². The van der Waals surface area contributed by atoms with Crippen LogP contribution in [0.5, 0.6) is 0 Å². The Bertz CT molecular complexity index is 1210. The second-order valence-corrected chi connectivity index (χ2v) is 11.7. The molecule has 7 heteroatoms. The smallest absolute Gasteiger partial charge is 0.240 e. The highest BCUT2D eigenvalue weighted by Gasteiger charge is 2.59. The molecule has 186 valence electrons. The number of carbonyl (C=O) groups excluding carboxylic acids is 2. The van der Waals surface area contributed by atoms with E-state index in [0.29, 0.717) is 32.5 Å². The molecule has 1 saturated carbocycles. The molecule has 2 aromatic carbocycles. The van der Waals surface area contributed by atoms with Gasteiger partial charge in [0.15, 0.2) is 5.78 Å². The molecule has 3 atom stereocenters. The van der Waals surface area contributed by atoms with Crippen LogP contribution >= 0.6 is 0 Å². The maximum absolute atomic E-state index is 13.4. The summed E-state index contributed by atoms with van der Waals surface area (Å²) in [6, 6.07) is 16.5. The van der Waals surface area contributed by atoms with Crippen LogP contribution < -0.4 is 4.72 Å². The summed E-state index contributed by atoms with van der Waals surface area (Å²) in [6.07, 6.45) is 4.86. The number of benzene rings is 2. The SMILES string of the molecule is Cc1ccc(S(=O)(=O)NC[C@H]2CCC(=O)[C@@]3(CCOCc4ccccc4)C=CC(=O)C[C@@]23C)cc1. The first-order valence-electron chi connectivity index (χ1n) is 12.1. The number of fused-ring (bicyclic) bond motifs is 1. The van der Waals surface area contributed by atoms with Gasteiger partial charge in [-0.05, 0) is 54.9 Å². The van der Waals surface area contributed by atoms with E-state index in [4.69, 9.17) is 4.74 Å². The third-order valence-electron chi connectivity index (χ3n) is 7.84. The highest BCUT2D eigenvalue weighted by atomic mass is 32.2. The number of ether oxygens (including phenoxy) is 1. The minimum Gasteiger partial charge on any atom is -0.377 e.